The van der Waals surface area contributed by atoms with Gasteiger partial charge >= 0.3 is 6.03 Å². The maximum absolute atomic E-state index is 13.6. The minimum atomic E-state index is -0.433. The lowest BCUT2D eigenvalue weighted by Gasteiger charge is -2.25. The summed E-state index contributed by atoms with van der Waals surface area (Å²) in [6, 6.07) is 6.35. The first kappa shape index (κ1) is 12.5. The second-order valence-electron chi connectivity index (χ2n) is 4.30. The van der Waals surface area contributed by atoms with E-state index >= 15 is 0 Å². The smallest absolute Gasteiger partial charge is 0.314 e. The van der Waals surface area contributed by atoms with E-state index in [1.54, 1.807) is 25.2 Å². The Morgan fingerprint density at radius 3 is 2.56 bits per heavy atom. The van der Waals surface area contributed by atoms with Gasteiger partial charge in [-0.05, 0) is 11.6 Å². The van der Waals surface area contributed by atoms with Gasteiger partial charge in [0.15, 0.2) is 0 Å². The van der Waals surface area contributed by atoms with Crippen molar-refractivity contribution in [3.05, 3.63) is 35.6 Å². The van der Waals surface area contributed by atoms with E-state index in [0.29, 0.717) is 12.1 Å². The van der Waals surface area contributed by atoms with Crippen molar-refractivity contribution < 1.29 is 9.18 Å². The van der Waals surface area contributed by atoms with Gasteiger partial charge in [-0.1, -0.05) is 32.0 Å². The van der Waals surface area contributed by atoms with E-state index in [1.807, 2.05) is 13.8 Å². The summed E-state index contributed by atoms with van der Waals surface area (Å²) < 4.78 is 13.6. The third-order valence-electron chi connectivity index (χ3n) is 2.52. The van der Waals surface area contributed by atoms with Gasteiger partial charge in [0.05, 0.1) is 0 Å². The molecule has 0 aromatic heterocycles. The van der Waals surface area contributed by atoms with Gasteiger partial charge in [-0.15, -0.1) is 0 Å². The number of nitrogens with one attached hydrogen (secondary N) is 2. The molecule has 1 aromatic carbocycles. The molecule has 0 saturated heterocycles. The maximum Gasteiger partial charge on any atom is 0.314 e. The molecule has 1 rings (SSSR count). The van der Waals surface area contributed by atoms with Crippen molar-refractivity contribution in [3.63, 3.8) is 0 Å². The number of carbonyl (C=O) groups excluding carboxylic acids is 1. The molecule has 0 atom stereocenters. The van der Waals surface area contributed by atoms with E-state index in [0.717, 1.165) is 0 Å². The summed E-state index contributed by atoms with van der Waals surface area (Å²) in [6.45, 7) is 4.16. The average Bonchev–Trinajstić information content (AvgIpc) is 2.26. The monoisotopic (exact) mass is 224 g/mol. The highest BCUT2D eigenvalue weighted by molar-refractivity contribution is 5.73. The zero-order valence-electron chi connectivity index (χ0n) is 9.80. The first-order chi connectivity index (χ1) is 7.47. The first-order valence-corrected chi connectivity index (χ1v) is 5.18. The fraction of sp³-hybridized carbons (Fsp3) is 0.417. The summed E-state index contributed by atoms with van der Waals surface area (Å²) in [5.74, 6) is -0.244. The molecule has 0 heterocycles. The van der Waals surface area contributed by atoms with Crippen LogP contribution in [0.2, 0.25) is 0 Å². The number of hydrogen-bond acceptors (Lipinski definition) is 1. The van der Waals surface area contributed by atoms with Crippen molar-refractivity contribution >= 4 is 6.03 Å². The Labute approximate surface area is 95.0 Å². The second kappa shape index (κ2) is 4.96. The molecule has 1 aromatic rings. The van der Waals surface area contributed by atoms with Crippen LogP contribution in [-0.4, -0.2) is 19.6 Å². The average molecular weight is 224 g/mol. The van der Waals surface area contributed by atoms with Gasteiger partial charge in [-0.3, -0.25) is 0 Å². The lowest BCUT2D eigenvalue weighted by Crippen LogP contribution is -2.41. The molecule has 0 bridgehead atoms. The van der Waals surface area contributed by atoms with Gasteiger partial charge in [0, 0.05) is 19.0 Å². The van der Waals surface area contributed by atoms with Crippen LogP contribution in [0, 0.1) is 5.82 Å². The number of hydrogen-bond donors (Lipinski definition) is 2. The minimum Gasteiger partial charge on any atom is -0.341 e. The minimum absolute atomic E-state index is 0.244. The van der Waals surface area contributed by atoms with Crippen molar-refractivity contribution in [1.29, 1.82) is 0 Å². The molecule has 16 heavy (non-hydrogen) atoms. The summed E-state index contributed by atoms with van der Waals surface area (Å²) in [5, 5.41) is 5.14. The van der Waals surface area contributed by atoms with Crippen LogP contribution in [0.3, 0.4) is 0 Å². The van der Waals surface area contributed by atoms with E-state index in [1.165, 1.54) is 6.07 Å². The fourth-order valence-corrected chi connectivity index (χ4v) is 1.49. The lowest BCUT2D eigenvalue weighted by atomic mass is 9.84. The highest BCUT2D eigenvalue weighted by Crippen LogP contribution is 2.24. The van der Waals surface area contributed by atoms with Crippen LogP contribution >= 0.6 is 0 Å². The maximum atomic E-state index is 13.6. The largest absolute Gasteiger partial charge is 0.341 e. The molecule has 0 unspecified atom stereocenters. The Bertz CT molecular complexity index is 377. The van der Waals surface area contributed by atoms with Gasteiger partial charge in [0.2, 0.25) is 0 Å². The molecule has 0 aliphatic heterocycles. The molecule has 2 N–H and O–H groups in total. The summed E-state index contributed by atoms with van der Waals surface area (Å²) in [4.78, 5) is 11.1. The van der Waals surface area contributed by atoms with Crippen molar-refractivity contribution in [2.45, 2.75) is 19.3 Å². The summed E-state index contributed by atoms with van der Waals surface area (Å²) in [6.07, 6.45) is 0. The van der Waals surface area contributed by atoms with E-state index in [2.05, 4.69) is 10.6 Å². The quantitative estimate of drug-likeness (QED) is 0.810. The number of urea groups is 1. The van der Waals surface area contributed by atoms with Crippen LogP contribution in [0.15, 0.2) is 24.3 Å². The van der Waals surface area contributed by atoms with E-state index in [9.17, 15) is 9.18 Å². The van der Waals surface area contributed by atoms with Crippen molar-refractivity contribution in [1.82, 2.24) is 10.6 Å². The van der Waals surface area contributed by atoms with Crippen LogP contribution in [0.4, 0.5) is 9.18 Å². The van der Waals surface area contributed by atoms with Crippen molar-refractivity contribution in [2.75, 3.05) is 13.6 Å². The normalized spacial score (nSPS) is 11.0. The zero-order valence-corrected chi connectivity index (χ0v) is 9.80. The highest BCUT2D eigenvalue weighted by Gasteiger charge is 2.24. The van der Waals surface area contributed by atoms with Crippen LogP contribution in [0.1, 0.15) is 19.4 Å². The Morgan fingerprint density at radius 2 is 2.00 bits per heavy atom. The lowest BCUT2D eigenvalue weighted by molar-refractivity contribution is 0.240. The van der Waals surface area contributed by atoms with Gasteiger partial charge in [-0.25, -0.2) is 9.18 Å². The third kappa shape index (κ3) is 2.95. The number of rotatable bonds is 3. The number of carbonyl (C=O) groups is 1. The molecule has 0 aliphatic rings. The predicted octanol–water partition coefficient (Wildman–Crippen LogP) is 2.03. The number of halogens is 1. The molecule has 88 valence electrons. The van der Waals surface area contributed by atoms with Crippen LogP contribution < -0.4 is 10.6 Å². The van der Waals surface area contributed by atoms with Crippen molar-refractivity contribution in [2.24, 2.45) is 0 Å². The van der Waals surface area contributed by atoms with Crippen LogP contribution in [0.25, 0.3) is 0 Å². The molecule has 0 aliphatic carbocycles. The number of benzene rings is 1. The molecule has 4 heteroatoms. The fourth-order valence-electron chi connectivity index (χ4n) is 1.49. The Kier molecular flexibility index (Phi) is 3.88. The number of amides is 2. The second-order valence-corrected chi connectivity index (χ2v) is 4.30. The molecule has 0 saturated carbocycles. The highest BCUT2D eigenvalue weighted by atomic mass is 19.1. The molecule has 0 radical (unpaired) electrons. The van der Waals surface area contributed by atoms with Crippen molar-refractivity contribution in [3.8, 4) is 0 Å². The summed E-state index contributed by atoms with van der Waals surface area (Å²) >= 11 is 0. The molecule has 2 amide bonds. The SMILES string of the molecule is CNC(=O)NCC(C)(C)c1ccccc1F. The van der Waals surface area contributed by atoms with E-state index < -0.39 is 5.41 Å². The molecule has 0 spiro atoms. The molecule has 0 fully saturated rings. The molecular formula is C12H17FN2O. The molecular weight excluding hydrogens is 207 g/mol. The summed E-state index contributed by atoms with van der Waals surface area (Å²) in [5.41, 5.74) is 0.170. The van der Waals surface area contributed by atoms with Gasteiger partial charge < -0.3 is 10.6 Å². The Hall–Kier alpha value is -1.58. The molecule has 3 nitrogen and oxygen atoms in total. The van der Waals surface area contributed by atoms with E-state index in [4.69, 9.17) is 0 Å². The summed E-state index contributed by atoms with van der Waals surface area (Å²) in [7, 11) is 1.55. The van der Waals surface area contributed by atoms with Crippen LogP contribution in [-0.2, 0) is 5.41 Å². The third-order valence-corrected chi connectivity index (χ3v) is 2.52. The zero-order chi connectivity index (χ0) is 12.2. The topological polar surface area (TPSA) is 41.1 Å². The Balaban J connectivity index is 2.77. The van der Waals surface area contributed by atoms with Gasteiger partial charge in [0.1, 0.15) is 5.82 Å². The first-order valence-electron chi connectivity index (χ1n) is 5.18. The van der Waals surface area contributed by atoms with Gasteiger partial charge in [-0.2, -0.15) is 0 Å². The standard InChI is InChI=1S/C12H17FN2O/c1-12(2,8-15-11(16)14-3)9-6-4-5-7-10(9)13/h4-7H,8H2,1-3H3,(H2,14,15,16). The Morgan fingerprint density at radius 1 is 1.38 bits per heavy atom. The van der Waals surface area contributed by atoms with Gasteiger partial charge in [0.25, 0.3) is 0 Å². The van der Waals surface area contributed by atoms with E-state index in [-0.39, 0.29) is 11.8 Å². The predicted molar refractivity (Wildman–Crippen MR) is 61.9 cm³/mol. The van der Waals surface area contributed by atoms with Crippen LogP contribution in [0.5, 0.6) is 0 Å².